The second kappa shape index (κ2) is 6.14. The summed E-state index contributed by atoms with van der Waals surface area (Å²) in [5.41, 5.74) is 6.76. The van der Waals surface area contributed by atoms with Crippen molar-refractivity contribution in [2.45, 2.75) is 11.4 Å². The molecule has 7 heteroatoms. The molecule has 0 aliphatic carbocycles. The number of nitrogen functional groups attached to an aromatic ring is 1. The average Bonchev–Trinajstić information content (AvgIpc) is 2.45. The molecule has 0 radical (unpaired) electrons. The maximum Gasteiger partial charge on any atom is 0.242 e. The molecule has 0 atom stereocenters. The van der Waals surface area contributed by atoms with Crippen molar-refractivity contribution in [3.05, 3.63) is 58.6 Å². The number of nitrogens with one attached hydrogen (secondary N) is 1. The third kappa shape index (κ3) is 3.73. The minimum Gasteiger partial charge on any atom is -0.398 e. The van der Waals surface area contributed by atoms with Gasteiger partial charge in [-0.3, -0.25) is 0 Å². The molecule has 0 fully saturated rings. The molecule has 2 aromatic carbocycles. The highest BCUT2D eigenvalue weighted by molar-refractivity contribution is 7.89. The molecule has 0 heterocycles. The highest BCUT2D eigenvalue weighted by atomic mass is 35.5. The fraction of sp³-hybridized carbons (Fsp3) is 0.0714. The van der Waals surface area contributed by atoms with Crippen LogP contribution in [0.2, 0.25) is 5.02 Å². The van der Waals surface area contributed by atoms with Crippen LogP contribution in [0.4, 0.5) is 5.69 Å². The molecule has 0 saturated carbocycles. The monoisotopic (exact) mass is 321 g/mol. The van der Waals surface area contributed by atoms with Crippen molar-refractivity contribution in [3.63, 3.8) is 0 Å². The first-order valence-electron chi connectivity index (χ1n) is 5.96. The van der Waals surface area contributed by atoms with E-state index in [0.29, 0.717) is 10.6 Å². The van der Waals surface area contributed by atoms with Gasteiger partial charge in [0.2, 0.25) is 10.0 Å². The Labute approximate surface area is 128 Å². The van der Waals surface area contributed by atoms with Gasteiger partial charge in [-0.05, 0) is 35.9 Å². The number of anilines is 1. The van der Waals surface area contributed by atoms with Crippen molar-refractivity contribution < 1.29 is 8.42 Å². The molecule has 0 saturated heterocycles. The number of nitrogens with two attached hydrogens (primary N) is 1. The van der Waals surface area contributed by atoms with Crippen LogP contribution in [0, 0.1) is 11.3 Å². The van der Waals surface area contributed by atoms with E-state index in [9.17, 15) is 8.42 Å². The molecule has 21 heavy (non-hydrogen) atoms. The number of benzene rings is 2. The Morgan fingerprint density at radius 3 is 2.62 bits per heavy atom. The lowest BCUT2D eigenvalue weighted by Gasteiger charge is -2.09. The van der Waals surface area contributed by atoms with Gasteiger partial charge in [0, 0.05) is 11.6 Å². The summed E-state index contributed by atoms with van der Waals surface area (Å²) < 4.78 is 26.9. The smallest absolute Gasteiger partial charge is 0.242 e. The first-order chi connectivity index (χ1) is 9.92. The van der Waals surface area contributed by atoms with Gasteiger partial charge in [-0.2, -0.15) is 5.26 Å². The van der Waals surface area contributed by atoms with Gasteiger partial charge in [0.1, 0.15) is 4.90 Å². The Hall–Kier alpha value is -2.07. The van der Waals surface area contributed by atoms with E-state index in [1.807, 2.05) is 6.07 Å². The molecule has 2 rings (SSSR count). The average molecular weight is 322 g/mol. The third-order valence-corrected chi connectivity index (χ3v) is 4.49. The Morgan fingerprint density at radius 2 is 2.00 bits per heavy atom. The van der Waals surface area contributed by atoms with E-state index in [1.54, 1.807) is 24.3 Å². The van der Waals surface area contributed by atoms with Gasteiger partial charge < -0.3 is 5.73 Å². The third-order valence-electron chi connectivity index (χ3n) is 2.78. The minimum absolute atomic E-state index is 0.0349. The second-order valence-electron chi connectivity index (χ2n) is 4.32. The highest BCUT2D eigenvalue weighted by Crippen LogP contribution is 2.20. The van der Waals surface area contributed by atoms with Crippen molar-refractivity contribution in [2.24, 2.45) is 0 Å². The first kappa shape index (κ1) is 15.3. The minimum atomic E-state index is -3.75. The lowest BCUT2D eigenvalue weighted by Crippen LogP contribution is -2.24. The molecule has 3 N–H and O–H groups in total. The molecule has 2 aromatic rings. The molecule has 0 aromatic heterocycles. The summed E-state index contributed by atoms with van der Waals surface area (Å²) in [7, 11) is -3.75. The number of hydrogen-bond acceptors (Lipinski definition) is 4. The van der Waals surface area contributed by atoms with Crippen LogP contribution >= 0.6 is 11.6 Å². The molecular formula is C14H12ClN3O2S. The molecule has 108 valence electrons. The van der Waals surface area contributed by atoms with E-state index in [-0.39, 0.29) is 17.1 Å². The highest BCUT2D eigenvalue weighted by Gasteiger charge is 2.17. The van der Waals surface area contributed by atoms with E-state index >= 15 is 0 Å². The van der Waals surface area contributed by atoms with Crippen LogP contribution in [0.15, 0.2) is 47.4 Å². The Balaban J connectivity index is 2.21. The number of hydrogen-bond donors (Lipinski definition) is 2. The van der Waals surface area contributed by atoms with Gasteiger partial charge in [-0.15, -0.1) is 0 Å². The standard InChI is InChI=1S/C14H12ClN3O2S/c15-12-3-1-2-11(6-12)9-18-21(19,20)14-5-4-10(8-16)7-13(14)17/h1-7,18H,9,17H2. The lowest BCUT2D eigenvalue weighted by molar-refractivity contribution is 0.581. The molecular weight excluding hydrogens is 310 g/mol. The second-order valence-corrected chi connectivity index (χ2v) is 6.49. The van der Waals surface area contributed by atoms with Crippen molar-refractivity contribution >= 4 is 27.3 Å². The predicted molar refractivity (Wildman–Crippen MR) is 81.0 cm³/mol. The summed E-state index contributed by atoms with van der Waals surface area (Å²) in [5, 5.41) is 9.28. The summed E-state index contributed by atoms with van der Waals surface area (Å²) in [6.07, 6.45) is 0. The zero-order chi connectivity index (χ0) is 15.5. The largest absolute Gasteiger partial charge is 0.398 e. The van der Waals surface area contributed by atoms with Crippen molar-refractivity contribution in [1.29, 1.82) is 5.26 Å². The Bertz CT molecular complexity index is 813. The quantitative estimate of drug-likeness (QED) is 0.844. The Kier molecular flexibility index (Phi) is 4.48. The van der Waals surface area contributed by atoms with E-state index in [1.165, 1.54) is 18.2 Å². The SMILES string of the molecule is N#Cc1ccc(S(=O)(=O)NCc2cccc(Cl)c2)c(N)c1. The van der Waals surface area contributed by atoms with Gasteiger partial charge in [0.15, 0.2) is 0 Å². The lowest BCUT2D eigenvalue weighted by atomic mass is 10.2. The number of sulfonamides is 1. The fourth-order valence-corrected chi connectivity index (χ4v) is 3.11. The van der Waals surface area contributed by atoms with E-state index in [2.05, 4.69) is 4.72 Å². The van der Waals surface area contributed by atoms with Crippen LogP contribution in [0.3, 0.4) is 0 Å². The number of nitriles is 1. The van der Waals surface area contributed by atoms with E-state index < -0.39 is 10.0 Å². The van der Waals surface area contributed by atoms with Crippen LogP contribution in [-0.2, 0) is 16.6 Å². The predicted octanol–water partition coefficient (Wildman–Crippen LogP) is 2.27. The van der Waals surface area contributed by atoms with Gasteiger partial charge >= 0.3 is 0 Å². The van der Waals surface area contributed by atoms with Crippen molar-refractivity contribution in [3.8, 4) is 6.07 Å². The van der Waals surface area contributed by atoms with Crippen LogP contribution in [0.1, 0.15) is 11.1 Å². The van der Waals surface area contributed by atoms with Gasteiger partial charge in [0.05, 0.1) is 17.3 Å². The molecule has 0 unspecified atom stereocenters. The van der Waals surface area contributed by atoms with Crippen LogP contribution < -0.4 is 10.5 Å². The summed E-state index contributed by atoms with van der Waals surface area (Å²) in [6, 6.07) is 12.8. The normalized spacial score (nSPS) is 11.0. The van der Waals surface area contributed by atoms with Crippen LogP contribution in [0.25, 0.3) is 0 Å². The Morgan fingerprint density at radius 1 is 1.24 bits per heavy atom. The van der Waals surface area contributed by atoms with Gasteiger partial charge in [0.25, 0.3) is 0 Å². The fourth-order valence-electron chi connectivity index (χ4n) is 1.77. The maximum absolute atomic E-state index is 12.2. The van der Waals surface area contributed by atoms with Crippen LogP contribution in [0.5, 0.6) is 0 Å². The van der Waals surface area contributed by atoms with E-state index in [4.69, 9.17) is 22.6 Å². The topological polar surface area (TPSA) is 96.0 Å². The molecule has 5 nitrogen and oxygen atoms in total. The number of rotatable bonds is 4. The van der Waals surface area contributed by atoms with E-state index in [0.717, 1.165) is 5.56 Å². The first-order valence-corrected chi connectivity index (χ1v) is 7.82. The van der Waals surface area contributed by atoms with Crippen molar-refractivity contribution in [2.75, 3.05) is 5.73 Å². The molecule has 0 spiro atoms. The zero-order valence-electron chi connectivity index (χ0n) is 10.9. The number of nitrogens with zero attached hydrogens (tertiary/aromatic N) is 1. The number of halogens is 1. The summed E-state index contributed by atoms with van der Waals surface area (Å²) in [5.74, 6) is 0. The zero-order valence-corrected chi connectivity index (χ0v) is 12.4. The molecule has 0 bridgehead atoms. The summed E-state index contributed by atoms with van der Waals surface area (Å²) >= 11 is 5.84. The molecule has 0 aliphatic rings. The van der Waals surface area contributed by atoms with Gasteiger partial charge in [-0.1, -0.05) is 23.7 Å². The van der Waals surface area contributed by atoms with Crippen LogP contribution in [-0.4, -0.2) is 8.42 Å². The molecule has 0 amide bonds. The molecule has 0 aliphatic heterocycles. The summed E-state index contributed by atoms with van der Waals surface area (Å²) in [4.78, 5) is -0.0523. The summed E-state index contributed by atoms with van der Waals surface area (Å²) in [6.45, 7) is 0.0995. The maximum atomic E-state index is 12.2. The van der Waals surface area contributed by atoms with Crippen molar-refractivity contribution in [1.82, 2.24) is 4.72 Å². The van der Waals surface area contributed by atoms with Gasteiger partial charge in [-0.25, -0.2) is 13.1 Å².